The first-order valence-corrected chi connectivity index (χ1v) is 7.85. The van der Waals surface area contributed by atoms with Gasteiger partial charge >= 0.3 is 0 Å². The van der Waals surface area contributed by atoms with E-state index in [4.69, 9.17) is 10.5 Å². The van der Waals surface area contributed by atoms with Crippen LogP contribution in [0.3, 0.4) is 0 Å². The smallest absolute Gasteiger partial charge is 0.119 e. The van der Waals surface area contributed by atoms with E-state index in [2.05, 4.69) is 30.0 Å². The molecule has 1 fully saturated rings. The van der Waals surface area contributed by atoms with Crippen molar-refractivity contribution in [1.82, 2.24) is 4.90 Å². The van der Waals surface area contributed by atoms with Gasteiger partial charge in [0.1, 0.15) is 5.75 Å². The van der Waals surface area contributed by atoms with Crippen LogP contribution in [0.4, 0.5) is 0 Å². The van der Waals surface area contributed by atoms with Gasteiger partial charge < -0.3 is 10.5 Å². The first kappa shape index (κ1) is 13.9. The fraction of sp³-hybridized carbons (Fsp3) is 0.647. The van der Waals surface area contributed by atoms with Gasteiger partial charge in [0.2, 0.25) is 0 Å². The molecule has 1 saturated heterocycles. The van der Waals surface area contributed by atoms with Crippen molar-refractivity contribution in [2.45, 2.75) is 44.7 Å². The average molecular weight is 274 g/mol. The largest absolute Gasteiger partial charge is 0.497 e. The van der Waals surface area contributed by atoms with E-state index in [1.807, 2.05) is 0 Å². The highest BCUT2D eigenvalue weighted by Crippen LogP contribution is 2.36. The Hall–Kier alpha value is -1.06. The van der Waals surface area contributed by atoms with Crippen LogP contribution in [-0.2, 0) is 6.42 Å². The van der Waals surface area contributed by atoms with Crippen molar-refractivity contribution in [1.29, 1.82) is 0 Å². The molecule has 2 aliphatic rings. The molecule has 1 aromatic rings. The lowest BCUT2D eigenvalue weighted by Crippen LogP contribution is -2.41. The maximum atomic E-state index is 6.53. The van der Waals surface area contributed by atoms with E-state index in [0.717, 1.165) is 18.1 Å². The van der Waals surface area contributed by atoms with Crippen molar-refractivity contribution < 1.29 is 4.74 Å². The summed E-state index contributed by atoms with van der Waals surface area (Å²) in [7, 11) is 1.72. The van der Waals surface area contributed by atoms with Crippen LogP contribution >= 0.6 is 0 Å². The molecule has 3 unspecified atom stereocenters. The van der Waals surface area contributed by atoms with Gasteiger partial charge in [-0.2, -0.15) is 0 Å². The van der Waals surface area contributed by atoms with Gasteiger partial charge in [0.25, 0.3) is 0 Å². The molecular weight excluding hydrogens is 248 g/mol. The molecule has 0 spiro atoms. The molecule has 3 heteroatoms. The number of hydrogen-bond donors (Lipinski definition) is 1. The predicted molar refractivity (Wildman–Crippen MR) is 82.0 cm³/mol. The Kier molecular flexibility index (Phi) is 3.99. The highest BCUT2D eigenvalue weighted by molar-refractivity contribution is 5.42. The minimum Gasteiger partial charge on any atom is -0.497 e. The maximum Gasteiger partial charge on any atom is 0.119 e. The van der Waals surface area contributed by atoms with E-state index >= 15 is 0 Å². The van der Waals surface area contributed by atoms with Crippen molar-refractivity contribution in [2.24, 2.45) is 11.7 Å². The van der Waals surface area contributed by atoms with Gasteiger partial charge in [-0.3, -0.25) is 4.90 Å². The van der Waals surface area contributed by atoms with E-state index < -0.39 is 0 Å². The van der Waals surface area contributed by atoms with E-state index in [-0.39, 0.29) is 6.04 Å². The Labute approximate surface area is 122 Å². The molecule has 2 N–H and O–H groups in total. The number of rotatable bonds is 2. The summed E-state index contributed by atoms with van der Waals surface area (Å²) in [5.41, 5.74) is 9.22. The Morgan fingerprint density at radius 1 is 1.25 bits per heavy atom. The van der Waals surface area contributed by atoms with Crippen molar-refractivity contribution in [3.8, 4) is 5.75 Å². The molecular formula is C17H26N2O. The summed E-state index contributed by atoms with van der Waals surface area (Å²) in [5.74, 6) is 1.78. The molecule has 3 rings (SSSR count). The zero-order valence-corrected chi connectivity index (χ0v) is 12.6. The van der Waals surface area contributed by atoms with Crippen LogP contribution in [0.2, 0.25) is 0 Å². The van der Waals surface area contributed by atoms with Crippen LogP contribution in [0.15, 0.2) is 18.2 Å². The second-order valence-electron chi connectivity index (χ2n) is 6.43. The van der Waals surface area contributed by atoms with E-state index in [1.165, 1.54) is 43.5 Å². The van der Waals surface area contributed by atoms with Crippen LogP contribution in [0.1, 0.15) is 43.4 Å². The molecule has 3 nitrogen and oxygen atoms in total. The molecule has 0 aromatic heterocycles. The topological polar surface area (TPSA) is 38.5 Å². The number of hydrogen-bond acceptors (Lipinski definition) is 3. The average Bonchev–Trinajstić information content (AvgIpc) is 2.64. The summed E-state index contributed by atoms with van der Waals surface area (Å²) in [6.45, 7) is 4.77. The number of methoxy groups -OCH3 is 1. The lowest BCUT2D eigenvalue weighted by molar-refractivity contribution is 0.185. The molecule has 1 aliphatic heterocycles. The highest BCUT2D eigenvalue weighted by Gasteiger charge is 2.34. The second-order valence-corrected chi connectivity index (χ2v) is 6.43. The summed E-state index contributed by atoms with van der Waals surface area (Å²) >= 11 is 0. The summed E-state index contributed by atoms with van der Waals surface area (Å²) in [6.07, 6.45) is 5.07. The van der Waals surface area contributed by atoms with Crippen LogP contribution in [0.25, 0.3) is 0 Å². The summed E-state index contributed by atoms with van der Waals surface area (Å²) < 4.78 is 5.33. The summed E-state index contributed by atoms with van der Waals surface area (Å²) in [4.78, 5) is 2.63. The molecule has 0 radical (unpaired) electrons. The third-order valence-electron chi connectivity index (χ3n) is 5.08. The maximum absolute atomic E-state index is 6.53. The SMILES string of the molecule is COc1ccc2c(c1)C(N)C(N1CCCC(C)CC1)C2. The van der Waals surface area contributed by atoms with E-state index in [1.54, 1.807) is 7.11 Å². The predicted octanol–water partition coefficient (Wildman–Crippen LogP) is 2.74. The Morgan fingerprint density at radius 3 is 2.90 bits per heavy atom. The molecule has 1 aromatic carbocycles. The quantitative estimate of drug-likeness (QED) is 0.901. The van der Waals surface area contributed by atoms with Crippen molar-refractivity contribution >= 4 is 0 Å². The zero-order valence-electron chi connectivity index (χ0n) is 12.6. The number of nitrogens with two attached hydrogens (primary N) is 1. The van der Waals surface area contributed by atoms with Crippen molar-refractivity contribution in [3.63, 3.8) is 0 Å². The third-order valence-corrected chi connectivity index (χ3v) is 5.08. The minimum absolute atomic E-state index is 0.133. The fourth-order valence-electron chi connectivity index (χ4n) is 3.73. The number of nitrogens with zero attached hydrogens (tertiary/aromatic N) is 1. The molecule has 0 saturated carbocycles. The number of benzene rings is 1. The minimum atomic E-state index is 0.133. The molecule has 1 aliphatic carbocycles. The van der Waals surface area contributed by atoms with Crippen LogP contribution in [0.5, 0.6) is 5.75 Å². The van der Waals surface area contributed by atoms with Gasteiger partial charge in [-0.25, -0.2) is 0 Å². The molecule has 0 amide bonds. The summed E-state index contributed by atoms with van der Waals surface area (Å²) in [5, 5.41) is 0. The number of likely N-dealkylation sites (tertiary alicyclic amines) is 1. The second kappa shape index (κ2) is 5.74. The highest BCUT2D eigenvalue weighted by atomic mass is 16.5. The first-order valence-electron chi connectivity index (χ1n) is 7.85. The lowest BCUT2D eigenvalue weighted by atomic mass is 10.0. The number of fused-ring (bicyclic) bond motifs is 1. The van der Waals surface area contributed by atoms with Crippen molar-refractivity contribution in [2.75, 3.05) is 20.2 Å². The van der Waals surface area contributed by atoms with Crippen molar-refractivity contribution in [3.05, 3.63) is 29.3 Å². The molecule has 20 heavy (non-hydrogen) atoms. The number of ether oxygens (including phenoxy) is 1. The van der Waals surface area contributed by atoms with E-state index in [0.29, 0.717) is 6.04 Å². The first-order chi connectivity index (χ1) is 9.69. The monoisotopic (exact) mass is 274 g/mol. The normalized spacial score (nSPS) is 30.9. The van der Waals surface area contributed by atoms with E-state index in [9.17, 15) is 0 Å². The van der Waals surface area contributed by atoms with Crippen LogP contribution in [0, 0.1) is 5.92 Å². The summed E-state index contributed by atoms with van der Waals surface area (Å²) in [6, 6.07) is 6.98. The Morgan fingerprint density at radius 2 is 2.10 bits per heavy atom. The third kappa shape index (κ3) is 2.57. The van der Waals surface area contributed by atoms with Gasteiger partial charge in [0.05, 0.1) is 7.11 Å². The zero-order chi connectivity index (χ0) is 14.1. The van der Waals surface area contributed by atoms with Gasteiger partial charge in [-0.1, -0.05) is 13.0 Å². The Bertz CT molecular complexity index is 474. The molecule has 3 atom stereocenters. The molecule has 0 bridgehead atoms. The van der Waals surface area contributed by atoms with Crippen LogP contribution in [-0.4, -0.2) is 31.1 Å². The van der Waals surface area contributed by atoms with Gasteiger partial charge in [-0.05, 0) is 68.0 Å². The molecule has 1 heterocycles. The Balaban J connectivity index is 1.77. The van der Waals surface area contributed by atoms with Gasteiger partial charge in [0.15, 0.2) is 0 Å². The molecule has 110 valence electrons. The lowest BCUT2D eigenvalue weighted by Gasteiger charge is -2.30. The van der Waals surface area contributed by atoms with Gasteiger partial charge in [-0.15, -0.1) is 0 Å². The van der Waals surface area contributed by atoms with Crippen LogP contribution < -0.4 is 10.5 Å². The standard InChI is InChI=1S/C17H26N2O/c1-12-4-3-8-19(9-7-12)16-10-13-5-6-14(20-2)11-15(13)17(16)18/h5-6,11-12,16-17H,3-4,7-10,18H2,1-2H3. The fourth-order valence-corrected chi connectivity index (χ4v) is 3.73. The van der Waals surface area contributed by atoms with Gasteiger partial charge in [0, 0.05) is 12.1 Å².